The summed E-state index contributed by atoms with van der Waals surface area (Å²) in [6.07, 6.45) is -3.09. The molecule has 4 aromatic rings. The molecule has 0 aliphatic carbocycles. The Morgan fingerprint density at radius 1 is 1.17 bits per heavy atom. The van der Waals surface area contributed by atoms with Crippen molar-refractivity contribution in [2.45, 2.75) is 17.9 Å². The fourth-order valence-corrected chi connectivity index (χ4v) is 4.18. The Labute approximate surface area is 207 Å². The van der Waals surface area contributed by atoms with Crippen LogP contribution in [-0.4, -0.2) is 33.5 Å². The van der Waals surface area contributed by atoms with Crippen molar-refractivity contribution in [2.75, 3.05) is 18.2 Å². The number of hydrogen-bond donors (Lipinski definition) is 1. The minimum absolute atomic E-state index is 0.0125. The second-order valence-electron chi connectivity index (χ2n) is 7.23. The molecule has 2 aromatic carbocycles. The minimum Gasteiger partial charge on any atom is -0.497 e. The minimum atomic E-state index is -4.63. The van der Waals surface area contributed by atoms with Crippen molar-refractivity contribution in [3.63, 3.8) is 0 Å². The normalized spacial score (nSPS) is 11.5. The number of amides is 1. The van der Waals surface area contributed by atoms with Crippen LogP contribution in [0.25, 0.3) is 11.4 Å². The van der Waals surface area contributed by atoms with E-state index in [1.165, 1.54) is 6.07 Å². The van der Waals surface area contributed by atoms with Crippen molar-refractivity contribution >= 4 is 35.0 Å². The molecule has 1 N–H and O–H groups in total. The molecule has 1 amide bonds. The molecule has 2 aromatic heterocycles. The Kier molecular flexibility index (Phi) is 7.37. The van der Waals surface area contributed by atoms with Gasteiger partial charge >= 0.3 is 6.18 Å². The predicted octanol–water partition coefficient (Wildman–Crippen LogP) is 6.00. The molecule has 4 rings (SSSR count). The maximum absolute atomic E-state index is 13.1. The van der Waals surface area contributed by atoms with Crippen LogP contribution < -0.4 is 10.1 Å². The molecule has 0 aliphatic heterocycles. The number of nitrogens with one attached hydrogen (secondary N) is 1. The third kappa shape index (κ3) is 5.98. The maximum atomic E-state index is 13.1. The van der Waals surface area contributed by atoms with Gasteiger partial charge in [0.25, 0.3) is 0 Å². The molecule has 182 valence electrons. The molecule has 0 radical (unpaired) electrons. The van der Waals surface area contributed by atoms with Crippen molar-refractivity contribution in [3.8, 4) is 17.1 Å². The van der Waals surface area contributed by atoms with Gasteiger partial charge in [0.1, 0.15) is 11.5 Å². The van der Waals surface area contributed by atoms with E-state index in [1.807, 2.05) is 18.2 Å². The van der Waals surface area contributed by atoms with Crippen LogP contribution in [0.15, 0.2) is 70.4 Å². The number of methoxy groups -OCH3 is 1. The van der Waals surface area contributed by atoms with E-state index in [9.17, 15) is 18.0 Å². The average molecular weight is 523 g/mol. The molecule has 0 bridgehead atoms. The molecule has 35 heavy (non-hydrogen) atoms. The lowest BCUT2D eigenvalue weighted by Crippen LogP contribution is -2.16. The van der Waals surface area contributed by atoms with Crippen molar-refractivity contribution in [3.05, 3.63) is 77.2 Å². The largest absolute Gasteiger partial charge is 0.497 e. The first-order valence-electron chi connectivity index (χ1n) is 10.1. The molecule has 2 heterocycles. The molecular formula is C23H18ClF3N4O3S. The van der Waals surface area contributed by atoms with Gasteiger partial charge in [-0.2, -0.15) is 13.2 Å². The van der Waals surface area contributed by atoms with Gasteiger partial charge in [0, 0.05) is 11.3 Å². The van der Waals surface area contributed by atoms with Crippen LogP contribution in [-0.2, 0) is 17.5 Å². The van der Waals surface area contributed by atoms with Gasteiger partial charge < -0.3 is 14.5 Å². The number of nitrogens with zero attached hydrogens (tertiary/aromatic N) is 3. The molecule has 0 atom stereocenters. The first kappa shape index (κ1) is 24.7. The zero-order chi connectivity index (χ0) is 25.0. The first-order chi connectivity index (χ1) is 16.7. The molecule has 0 unspecified atom stereocenters. The van der Waals surface area contributed by atoms with E-state index in [0.717, 1.165) is 29.5 Å². The molecule has 0 saturated carbocycles. The van der Waals surface area contributed by atoms with E-state index in [-0.39, 0.29) is 11.4 Å². The standard InChI is InChI=1S/C23H18ClF3N4O3S/c1-33-16-5-2-4-14(10-16)21-29-30-22(31(21)12-17-6-3-9-34-17)35-13-20(32)28-15-7-8-19(24)18(11-15)23(25,26)27/h2-11H,12-13H2,1H3,(H,28,32). The number of alkyl halides is 3. The van der Waals surface area contributed by atoms with E-state index in [1.54, 1.807) is 36.1 Å². The molecular weight excluding hydrogens is 505 g/mol. The zero-order valence-corrected chi connectivity index (χ0v) is 19.7. The van der Waals surface area contributed by atoms with E-state index in [2.05, 4.69) is 15.5 Å². The topological polar surface area (TPSA) is 82.2 Å². The van der Waals surface area contributed by atoms with Gasteiger partial charge in [-0.05, 0) is 42.5 Å². The fraction of sp³-hybridized carbons (Fsp3) is 0.174. The molecule has 12 heteroatoms. The number of thioether (sulfide) groups is 1. The fourth-order valence-electron chi connectivity index (χ4n) is 3.22. The Morgan fingerprint density at radius 3 is 2.71 bits per heavy atom. The highest BCUT2D eigenvalue weighted by Gasteiger charge is 2.33. The average Bonchev–Trinajstić information content (AvgIpc) is 3.49. The summed E-state index contributed by atoms with van der Waals surface area (Å²) in [6, 6.07) is 14.0. The van der Waals surface area contributed by atoms with Gasteiger partial charge in [0.2, 0.25) is 5.91 Å². The van der Waals surface area contributed by atoms with Crippen molar-refractivity contribution in [1.29, 1.82) is 0 Å². The number of benzene rings is 2. The van der Waals surface area contributed by atoms with Crippen LogP contribution in [0, 0.1) is 0 Å². The maximum Gasteiger partial charge on any atom is 0.417 e. The quantitative estimate of drug-likeness (QED) is 0.286. The number of rotatable bonds is 8. The lowest BCUT2D eigenvalue weighted by atomic mass is 10.2. The second-order valence-corrected chi connectivity index (χ2v) is 8.58. The van der Waals surface area contributed by atoms with E-state index < -0.39 is 22.7 Å². The Balaban J connectivity index is 1.53. The smallest absolute Gasteiger partial charge is 0.417 e. The highest BCUT2D eigenvalue weighted by molar-refractivity contribution is 7.99. The lowest BCUT2D eigenvalue weighted by Gasteiger charge is -2.12. The Morgan fingerprint density at radius 2 is 2.00 bits per heavy atom. The van der Waals surface area contributed by atoms with Gasteiger partial charge in [0.05, 0.1) is 36.3 Å². The SMILES string of the molecule is COc1cccc(-c2nnc(SCC(=O)Nc3ccc(Cl)c(C(F)(F)F)c3)n2Cc2ccco2)c1. The van der Waals surface area contributed by atoms with Crippen molar-refractivity contribution in [1.82, 2.24) is 14.8 Å². The molecule has 7 nitrogen and oxygen atoms in total. The summed E-state index contributed by atoms with van der Waals surface area (Å²) in [4.78, 5) is 12.5. The van der Waals surface area contributed by atoms with Crippen molar-refractivity contribution in [2.24, 2.45) is 0 Å². The predicted molar refractivity (Wildman–Crippen MR) is 126 cm³/mol. The Bertz CT molecular complexity index is 1330. The number of hydrogen-bond acceptors (Lipinski definition) is 6. The number of carbonyl (C=O) groups excluding carboxylic acids is 1. The van der Waals surface area contributed by atoms with E-state index in [0.29, 0.717) is 29.0 Å². The number of ether oxygens (including phenoxy) is 1. The summed E-state index contributed by atoms with van der Waals surface area (Å²) in [5, 5.41) is 10.9. The number of anilines is 1. The van der Waals surface area contributed by atoms with Crippen molar-refractivity contribution < 1.29 is 27.1 Å². The highest BCUT2D eigenvalue weighted by atomic mass is 35.5. The van der Waals surface area contributed by atoms with E-state index >= 15 is 0 Å². The first-order valence-corrected chi connectivity index (χ1v) is 11.5. The Hall–Kier alpha value is -3.44. The van der Waals surface area contributed by atoms with Crippen LogP contribution in [0.2, 0.25) is 5.02 Å². The summed E-state index contributed by atoms with van der Waals surface area (Å²) < 4.78 is 51.8. The number of aromatic nitrogens is 3. The van der Waals surface area contributed by atoms with Crippen LogP contribution in [0.3, 0.4) is 0 Å². The zero-order valence-electron chi connectivity index (χ0n) is 18.2. The molecule has 0 aliphatic rings. The highest BCUT2D eigenvalue weighted by Crippen LogP contribution is 2.36. The number of furan rings is 1. The molecule has 0 spiro atoms. The van der Waals surface area contributed by atoms with Gasteiger partial charge in [0.15, 0.2) is 11.0 Å². The number of carbonyl (C=O) groups is 1. The lowest BCUT2D eigenvalue weighted by molar-refractivity contribution is -0.137. The third-order valence-electron chi connectivity index (χ3n) is 4.83. The second kappa shape index (κ2) is 10.4. The van der Waals surface area contributed by atoms with Gasteiger partial charge in [-0.15, -0.1) is 10.2 Å². The summed E-state index contributed by atoms with van der Waals surface area (Å²) in [7, 11) is 1.56. The number of halogens is 4. The molecule has 0 fully saturated rings. The van der Waals surface area contributed by atoms with Crippen LogP contribution >= 0.6 is 23.4 Å². The van der Waals surface area contributed by atoms with E-state index in [4.69, 9.17) is 20.8 Å². The van der Waals surface area contributed by atoms with Gasteiger partial charge in [-0.25, -0.2) is 0 Å². The van der Waals surface area contributed by atoms with Crippen LogP contribution in [0.4, 0.5) is 18.9 Å². The summed E-state index contributed by atoms with van der Waals surface area (Å²) in [5.41, 5.74) is -0.284. The van der Waals surface area contributed by atoms with Crippen LogP contribution in [0.1, 0.15) is 11.3 Å². The summed E-state index contributed by atoms with van der Waals surface area (Å²) in [6.45, 7) is 0.308. The van der Waals surface area contributed by atoms with Gasteiger partial charge in [-0.1, -0.05) is 35.5 Å². The van der Waals surface area contributed by atoms with Crippen LogP contribution in [0.5, 0.6) is 5.75 Å². The molecule has 0 saturated heterocycles. The summed E-state index contributed by atoms with van der Waals surface area (Å²) >= 11 is 6.73. The third-order valence-corrected chi connectivity index (χ3v) is 6.12. The monoisotopic (exact) mass is 522 g/mol. The van der Waals surface area contributed by atoms with Gasteiger partial charge in [-0.3, -0.25) is 9.36 Å². The summed E-state index contributed by atoms with van der Waals surface area (Å²) in [5.74, 6) is 1.21.